The molecule has 7 nitrogen and oxygen atoms in total. The predicted molar refractivity (Wildman–Crippen MR) is 151 cm³/mol. The summed E-state index contributed by atoms with van der Waals surface area (Å²) in [5.74, 6) is 0.986. The number of carbonyl (C=O) groups excluding carboxylic acids is 2. The first-order valence-electron chi connectivity index (χ1n) is 13.9. The van der Waals surface area contributed by atoms with Crippen LogP contribution in [0.3, 0.4) is 0 Å². The standard InChI is InChI=1S/C30H46O7S/c1-3-4-14-36-15-7-16-37-30(34)10-6-17-38-18-13-27-26(28(32)21-29(27)33)12-11-25(31)20-23-8-5-9-24(19-23)22-35-2/h5,8-9,11-12,19,25-28,31-32H,3-4,6-7,10,13-18,20-22H2,1-2H3/b12-11+/t25-,26-,27-,28-/m1/s1. The van der Waals surface area contributed by atoms with Crippen LogP contribution in [0, 0.1) is 11.8 Å². The van der Waals surface area contributed by atoms with Gasteiger partial charge in [0.25, 0.3) is 0 Å². The van der Waals surface area contributed by atoms with Crippen LogP contribution in [-0.2, 0) is 36.8 Å². The van der Waals surface area contributed by atoms with E-state index in [2.05, 4.69) is 6.92 Å². The lowest BCUT2D eigenvalue weighted by Crippen LogP contribution is -2.20. The van der Waals surface area contributed by atoms with Gasteiger partial charge < -0.3 is 24.4 Å². The fourth-order valence-electron chi connectivity index (χ4n) is 4.57. The molecule has 0 heterocycles. The van der Waals surface area contributed by atoms with E-state index in [0.717, 1.165) is 54.9 Å². The van der Waals surface area contributed by atoms with Gasteiger partial charge in [0.15, 0.2) is 0 Å². The number of hydrogen-bond donors (Lipinski definition) is 2. The van der Waals surface area contributed by atoms with Gasteiger partial charge in [0, 0.05) is 57.8 Å². The molecule has 2 N–H and O–H groups in total. The van der Waals surface area contributed by atoms with Crippen LogP contribution in [-0.4, -0.2) is 72.6 Å². The van der Waals surface area contributed by atoms with Crippen LogP contribution >= 0.6 is 11.8 Å². The topological polar surface area (TPSA) is 102 Å². The molecule has 0 aliphatic heterocycles. The van der Waals surface area contributed by atoms with Gasteiger partial charge in [-0.05, 0) is 41.9 Å². The molecular weight excluding hydrogens is 504 g/mol. The summed E-state index contributed by atoms with van der Waals surface area (Å²) in [4.78, 5) is 24.3. The second-order valence-electron chi connectivity index (χ2n) is 9.88. The zero-order chi connectivity index (χ0) is 27.6. The van der Waals surface area contributed by atoms with E-state index in [0.29, 0.717) is 39.1 Å². The van der Waals surface area contributed by atoms with E-state index in [9.17, 15) is 19.8 Å². The quantitative estimate of drug-likeness (QED) is 0.139. The second kappa shape index (κ2) is 19.4. The van der Waals surface area contributed by atoms with E-state index < -0.39 is 12.2 Å². The minimum absolute atomic E-state index is 0.0803. The van der Waals surface area contributed by atoms with Gasteiger partial charge in [-0.2, -0.15) is 11.8 Å². The highest BCUT2D eigenvalue weighted by Gasteiger charge is 2.39. The Morgan fingerprint density at radius 2 is 1.95 bits per heavy atom. The first-order valence-corrected chi connectivity index (χ1v) is 15.0. The Balaban J connectivity index is 1.64. The van der Waals surface area contributed by atoms with Crippen molar-refractivity contribution < 1.29 is 34.0 Å². The van der Waals surface area contributed by atoms with Crippen molar-refractivity contribution >= 4 is 23.5 Å². The highest BCUT2D eigenvalue weighted by molar-refractivity contribution is 7.99. The maximum absolute atomic E-state index is 12.5. The molecule has 1 aliphatic carbocycles. The molecule has 0 amide bonds. The number of rotatable bonds is 20. The molecule has 0 saturated heterocycles. The van der Waals surface area contributed by atoms with E-state index in [-0.39, 0.29) is 30.0 Å². The monoisotopic (exact) mass is 550 g/mol. The Hall–Kier alpha value is -1.71. The van der Waals surface area contributed by atoms with Crippen molar-refractivity contribution in [3.8, 4) is 0 Å². The normalized spacial score (nSPS) is 20.3. The summed E-state index contributed by atoms with van der Waals surface area (Å²) >= 11 is 1.71. The summed E-state index contributed by atoms with van der Waals surface area (Å²) in [6.07, 6.45) is 7.43. The number of benzene rings is 1. The van der Waals surface area contributed by atoms with Gasteiger partial charge in [-0.3, -0.25) is 9.59 Å². The molecule has 38 heavy (non-hydrogen) atoms. The molecule has 8 heteroatoms. The van der Waals surface area contributed by atoms with Gasteiger partial charge in [-0.25, -0.2) is 0 Å². The number of esters is 1. The van der Waals surface area contributed by atoms with Crippen LogP contribution in [0.2, 0.25) is 0 Å². The number of unbranched alkanes of at least 4 members (excludes halogenated alkanes) is 1. The maximum atomic E-state index is 12.5. The van der Waals surface area contributed by atoms with Gasteiger partial charge in [0.1, 0.15) is 5.78 Å². The zero-order valence-corrected chi connectivity index (χ0v) is 23.8. The predicted octanol–water partition coefficient (Wildman–Crippen LogP) is 4.51. The Kier molecular flexibility index (Phi) is 16.6. The third-order valence-corrected chi connectivity index (χ3v) is 7.72. The Labute approximate surface area is 232 Å². The largest absolute Gasteiger partial charge is 0.466 e. The zero-order valence-electron chi connectivity index (χ0n) is 23.0. The van der Waals surface area contributed by atoms with Crippen molar-refractivity contribution in [2.24, 2.45) is 11.8 Å². The average Bonchev–Trinajstić information content (AvgIpc) is 3.16. The highest BCUT2D eigenvalue weighted by Crippen LogP contribution is 2.34. The molecule has 1 saturated carbocycles. The van der Waals surface area contributed by atoms with Crippen LogP contribution in [0.4, 0.5) is 0 Å². The summed E-state index contributed by atoms with van der Waals surface area (Å²) in [6.45, 7) is 4.42. The van der Waals surface area contributed by atoms with E-state index in [4.69, 9.17) is 14.2 Å². The van der Waals surface area contributed by atoms with Gasteiger partial charge in [-0.15, -0.1) is 0 Å². The first kappa shape index (κ1) is 32.5. The number of Topliss-reactive ketones (excluding diaryl/α,β-unsaturated/α-hetero) is 1. The number of hydrogen-bond acceptors (Lipinski definition) is 8. The number of aliphatic hydroxyl groups excluding tert-OH is 2. The van der Waals surface area contributed by atoms with Crippen molar-refractivity contribution in [3.63, 3.8) is 0 Å². The molecule has 214 valence electrons. The molecule has 1 aromatic rings. The lowest BCUT2D eigenvalue weighted by molar-refractivity contribution is -0.144. The first-order chi connectivity index (χ1) is 18.4. The van der Waals surface area contributed by atoms with Crippen molar-refractivity contribution in [3.05, 3.63) is 47.5 Å². The molecule has 0 aromatic heterocycles. The molecule has 1 aliphatic rings. The Morgan fingerprint density at radius 1 is 1.16 bits per heavy atom. The number of thioether (sulfide) groups is 1. The third-order valence-electron chi connectivity index (χ3n) is 6.62. The summed E-state index contributed by atoms with van der Waals surface area (Å²) in [5.41, 5.74) is 2.06. The molecule has 1 fully saturated rings. The van der Waals surface area contributed by atoms with Gasteiger partial charge in [0.2, 0.25) is 0 Å². The number of methoxy groups -OCH3 is 1. The maximum Gasteiger partial charge on any atom is 0.305 e. The summed E-state index contributed by atoms with van der Waals surface area (Å²) < 4.78 is 15.9. The smallest absolute Gasteiger partial charge is 0.305 e. The van der Waals surface area contributed by atoms with E-state index in [1.54, 1.807) is 24.9 Å². The second-order valence-corrected chi connectivity index (χ2v) is 11.1. The van der Waals surface area contributed by atoms with E-state index in [1.807, 2.05) is 30.3 Å². The van der Waals surface area contributed by atoms with Gasteiger partial charge in [0.05, 0.1) is 25.4 Å². The molecule has 0 radical (unpaired) electrons. The molecule has 4 atom stereocenters. The van der Waals surface area contributed by atoms with Crippen LogP contribution in [0.25, 0.3) is 0 Å². The minimum atomic E-state index is -0.710. The summed E-state index contributed by atoms with van der Waals surface area (Å²) in [7, 11) is 1.65. The average molecular weight is 551 g/mol. The molecule has 0 unspecified atom stereocenters. The Bertz CT molecular complexity index is 844. The van der Waals surface area contributed by atoms with E-state index in [1.165, 1.54) is 0 Å². The van der Waals surface area contributed by atoms with Crippen molar-refractivity contribution in [1.82, 2.24) is 0 Å². The SMILES string of the molecule is CCCCOCCCOC(=O)CCCSCC[C@H]1C(=O)C[C@@H](O)[C@@H]1/C=C/[C@@H](O)Cc1cccc(COC)c1. The van der Waals surface area contributed by atoms with Crippen molar-refractivity contribution in [2.75, 3.05) is 38.4 Å². The van der Waals surface area contributed by atoms with Crippen LogP contribution in [0.1, 0.15) is 63.0 Å². The number of ether oxygens (including phenoxy) is 3. The Morgan fingerprint density at radius 3 is 2.74 bits per heavy atom. The third kappa shape index (κ3) is 12.9. The van der Waals surface area contributed by atoms with Gasteiger partial charge >= 0.3 is 5.97 Å². The van der Waals surface area contributed by atoms with E-state index >= 15 is 0 Å². The summed E-state index contributed by atoms with van der Waals surface area (Å²) in [6, 6.07) is 7.91. The number of ketones is 1. The number of carbonyl (C=O) groups is 2. The molecule has 2 rings (SSSR count). The van der Waals surface area contributed by atoms with Crippen molar-refractivity contribution in [2.45, 2.75) is 77.1 Å². The lowest BCUT2D eigenvalue weighted by atomic mass is 9.91. The fourth-order valence-corrected chi connectivity index (χ4v) is 5.54. The van der Waals surface area contributed by atoms with Gasteiger partial charge in [-0.1, -0.05) is 49.8 Å². The lowest BCUT2D eigenvalue weighted by Gasteiger charge is -2.18. The number of aliphatic hydroxyl groups is 2. The minimum Gasteiger partial charge on any atom is -0.466 e. The highest BCUT2D eigenvalue weighted by atomic mass is 32.2. The van der Waals surface area contributed by atoms with Crippen LogP contribution < -0.4 is 0 Å². The summed E-state index contributed by atoms with van der Waals surface area (Å²) in [5, 5.41) is 21.0. The molecule has 0 spiro atoms. The molecule has 1 aromatic carbocycles. The van der Waals surface area contributed by atoms with Crippen molar-refractivity contribution in [1.29, 1.82) is 0 Å². The molecular formula is C30H46O7S. The van der Waals surface area contributed by atoms with Crippen LogP contribution in [0.5, 0.6) is 0 Å². The van der Waals surface area contributed by atoms with Crippen LogP contribution in [0.15, 0.2) is 36.4 Å². The fraction of sp³-hybridized carbons (Fsp3) is 0.667. The molecule has 0 bridgehead atoms.